The molecule has 128 valence electrons. The van der Waals surface area contributed by atoms with E-state index in [0.717, 1.165) is 17.9 Å². The Kier molecular flexibility index (Phi) is 7.59. The standard InChI is InChI=1S/C18H28N2O3/c1-6-20(12-13(2)3)18(22)11-17(19-14(4)21)15-7-9-16(23-5)10-8-15/h7-10,13,17H,6,11-12H2,1-5H3,(H,19,21). The summed E-state index contributed by atoms with van der Waals surface area (Å²) in [5.41, 5.74) is 0.898. The molecule has 5 nitrogen and oxygen atoms in total. The average Bonchev–Trinajstić information content (AvgIpc) is 2.51. The van der Waals surface area contributed by atoms with Gasteiger partial charge in [-0.25, -0.2) is 0 Å². The molecule has 1 unspecified atom stereocenters. The molecular weight excluding hydrogens is 292 g/mol. The first kappa shape index (κ1) is 19.0. The van der Waals surface area contributed by atoms with Crippen molar-refractivity contribution in [3.63, 3.8) is 0 Å². The molecule has 23 heavy (non-hydrogen) atoms. The summed E-state index contributed by atoms with van der Waals surface area (Å²) in [7, 11) is 1.61. The predicted octanol–water partition coefficient (Wildman–Crippen LogP) is 2.77. The number of rotatable bonds is 8. The van der Waals surface area contributed by atoms with Crippen LogP contribution in [0.25, 0.3) is 0 Å². The van der Waals surface area contributed by atoms with Crippen LogP contribution in [0.1, 0.15) is 45.7 Å². The van der Waals surface area contributed by atoms with Gasteiger partial charge in [-0.1, -0.05) is 26.0 Å². The SMILES string of the molecule is CCN(CC(C)C)C(=O)CC(NC(C)=O)c1ccc(OC)cc1. The van der Waals surface area contributed by atoms with Gasteiger partial charge in [-0.3, -0.25) is 9.59 Å². The molecule has 2 amide bonds. The van der Waals surface area contributed by atoms with Gasteiger partial charge >= 0.3 is 0 Å². The van der Waals surface area contributed by atoms with E-state index in [9.17, 15) is 9.59 Å². The summed E-state index contributed by atoms with van der Waals surface area (Å²) in [5.74, 6) is 1.07. The van der Waals surface area contributed by atoms with Crippen LogP contribution in [0.2, 0.25) is 0 Å². The van der Waals surface area contributed by atoms with Crippen molar-refractivity contribution >= 4 is 11.8 Å². The van der Waals surface area contributed by atoms with Crippen LogP contribution in [0, 0.1) is 5.92 Å². The zero-order valence-electron chi connectivity index (χ0n) is 14.8. The Morgan fingerprint density at radius 2 is 1.83 bits per heavy atom. The number of methoxy groups -OCH3 is 1. The summed E-state index contributed by atoms with van der Waals surface area (Å²) >= 11 is 0. The number of carbonyl (C=O) groups is 2. The maximum absolute atomic E-state index is 12.5. The van der Waals surface area contributed by atoms with Gasteiger partial charge in [0.05, 0.1) is 19.6 Å². The normalized spacial score (nSPS) is 11.9. The molecule has 1 aromatic carbocycles. The van der Waals surface area contributed by atoms with Crippen LogP contribution in [0.4, 0.5) is 0 Å². The Morgan fingerprint density at radius 3 is 2.26 bits per heavy atom. The van der Waals surface area contributed by atoms with Gasteiger partial charge in [-0.05, 0) is 30.5 Å². The second kappa shape index (κ2) is 9.18. The molecule has 0 aliphatic rings. The Balaban J connectivity index is 2.88. The van der Waals surface area contributed by atoms with Gasteiger partial charge < -0.3 is 15.0 Å². The summed E-state index contributed by atoms with van der Waals surface area (Å²) in [6.07, 6.45) is 0.256. The van der Waals surface area contributed by atoms with E-state index in [0.29, 0.717) is 12.5 Å². The summed E-state index contributed by atoms with van der Waals surface area (Å²) in [6, 6.07) is 7.10. The summed E-state index contributed by atoms with van der Waals surface area (Å²) in [6.45, 7) is 9.01. The topological polar surface area (TPSA) is 58.6 Å². The first-order valence-electron chi connectivity index (χ1n) is 8.06. The predicted molar refractivity (Wildman–Crippen MR) is 91.3 cm³/mol. The van der Waals surface area contributed by atoms with E-state index in [1.807, 2.05) is 36.1 Å². The number of carbonyl (C=O) groups excluding carboxylic acids is 2. The third-order valence-electron chi connectivity index (χ3n) is 3.59. The van der Waals surface area contributed by atoms with E-state index < -0.39 is 0 Å². The average molecular weight is 320 g/mol. The Hall–Kier alpha value is -2.04. The van der Waals surface area contributed by atoms with Crippen molar-refractivity contribution in [2.75, 3.05) is 20.2 Å². The van der Waals surface area contributed by atoms with Crippen LogP contribution in [-0.2, 0) is 9.59 Å². The first-order chi connectivity index (χ1) is 10.9. The van der Waals surface area contributed by atoms with Gasteiger partial charge in [0.25, 0.3) is 0 Å². The van der Waals surface area contributed by atoms with E-state index >= 15 is 0 Å². The maximum Gasteiger partial charge on any atom is 0.224 e. The quantitative estimate of drug-likeness (QED) is 0.801. The van der Waals surface area contributed by atoms with Crippen molar-refractivity contribution in [3.05, 3.63) is 29.8 Å². The van der Waals surface area contributed by atoms with E-state index in [4.69, 9.17) is 4.74 Å². The molecule has 1 N–H and O–H groups in total. The van der Waals surface area contributed by atoms with Crippen molar-refractivity contribution < 1.29 is 14.3 Å². The number of hydrogen-bond acceptors (Lipinski definition) is 3. The van der Waals surface area contributed by atoms with Gasteiger partial charge in [0.15, 0.2) is 0 Å². The molecule has 0 bridgehead atoms. The molecule has 0 aromatic heterocycles. The van der Waals surface area contributed by atoms with Crippen molar-refractivity contribution in [3.8, 4) is 5.75 Å². The summed E-state index contributed by atoms with van der Waals surface area (Å²) in [4.78, 5) is 25.9. The summed E-state index contributed by atoms with van der Waals surface area (Å²) in [5, 5.41) is 2.87. The lowest BCUT2D eigenvalue weighted by Crippen LogP contribution is -2.37. The third-order valence-corrected chi connectivity index (χ3v) is 3.59. The van der Waals surface area contributed by atoms with Crippen LogP contribution in [0.5, 0.6) is 5.75 Å². The minimum atomic E-state index is -0.327. The summed E-state index contributed by atoms with van der Waals surface area (Å²) < 4.78 is 5.15. The zero-order chi connectivity index (χ0) is 17.4. The first-order valence-corrected chi connectivity index (χ1v) is 8.06. The molecule has 0 radical (unpaired) electrons. The maximum atomic E-state index is 12.5. The number of ether oxygens (including phenoxy) is 1. The Labute approximate surface area is 139 Å². The third kappa shape index (κ3) is 6.30. The van der Waals surface area contributed by atoms with E-state index in [1.54, 1.807) is 7.11 Å². The number of benzene rings is 1. The van der Waals surface area contributed by atoms with Gasteiger partial charge in [0, 0.05) is 20.0 Å². The number of nitrogens with zero attached hydrogens (tertiary/aromatic N) is 1. The van der Waals surface area contributed by atoms with E-state index in [-0.39, 0.29) is 24.3 Å². The fourth-order valence-electron chi connectivity index (χ4n) is 2.49. The van der Waals surface area contributed by atoms with Crippen molar-refractivity contribution in [2.45, 2.75) is 40.2 Å². The van der Waals surface area contributed by atoms with Crippen LogP contribution in [-0.4, -0.2) is 36.9 Å². The van der Waals surface area contributed by atoms with Crippen molar-refractivity contribution in [1.82, 2.24) is 10.2 Å². The zero-order valence-corrected chi connectivity index (χ0v) is 14.8. The highest BCUT2D eigenvalue weighted by Gasteiger charge is 2.21. The number of nitrogens with one attached hydrogen (secondary N) is 1. The highest BCUT2D eigenvalue weighted by Crippen LogP contribution is 2.21. The highest BCUT2D eigenvalue weighted by molar-refractivity contribution is 5.79. The molecule has 1 aromatic rings. The van der Waals surface area contributed by atoms with Crippen LogP contribution in [0.3, 0.4) is 0 Å². The molecule has 0 saturated heterocycles. The molecule has 0 aliphatic heterocycles. The van der Waals surface area contributed by atoms with Crippen molar-refractivity contribution in [2.24, 2.45) is 5.92 Å². The van der Waals surface area contributed by atoms with Gasteiger partial charge in [0.2, 0.25) is 11.8 Å². The lowest BCUT2D eigenvalue weighted by atomic mass is 10.0. The van der Waals surface area contributed by atoms with Gasteiger partial charge in [0.1, 0.15) is 5.75 Å². The van der Waals surface area contributed by atoms with Crippen molar-refractivity contribution in [1.29, 1.82) is 0 Å². The number of amides is 2. The molecule has 5 heteroatoms. The van der Waals surface area contributed by atoms with Gasteiger partial charge in [-0.2, -0.15) is 0 Å². The fourth-order valence-corrected chi connectivity index (χ4v) is 2.49. The second-order valence-electron chi connectivity index (χ2n) is 6.06. The molecule has 0 heterocycles. The fraction of sp³-hybridized carbons (Fsp3) is 0.556. The molecule has 0 fully saturated rings. The highest BCUT2D eigenvalue weighted by atomic mass is 16.5. The lowest BCUT2D eigenvalue weighted by Gasteiger charge is -2.26. The molecule has 0 spiro atoms. The largest absolute Gasteiger partial charge is 0.497 e. The molecule has 0 saturated carbocycles. The monoisotopic (exact) mass is 320 g/mol. The van der Waals surface area contributed by atoms with Crippen LogP contribution < -0.4 is 10.1 Å². The molecule has 1 atom stereocenters. The smallest absolute Gasteiger partial charge is 0.224 e. The number of hydrogen-bond donors (Lipinski definition) is 1. The van der Waals surface area contributed by atoms with Gasteiger partial charge in [-0.15, -0.1) is 0 Å². The lowest BCUT2D eigenvalue weighted by molar-refractivity contribution is -0.132. The van der Waals surface area contributed by atoms with Crippen LogP contribution in [0.15, 0.2) is 24.3 Å². The molecule has 1 rings (SSSR count). The Bertz CT molecular complexity index is 512. The minimum absolute atomic E-state index is 0.0516. The molecule has 0 aliphatic carbocycles. The van der Waals surface area contributed by atoms with E-state index in [2.05, 4.69) is 19.2 Å². The second-order valence-corrected chi connectivity index (χ2v) is 6.06. The van der Waals surface area contributed by atoms with E-state index in [1.165, 1.54) is 6.92 Å². The van der Waals surface area contributed by atoms with Crippen LogP contribution >= 0.6 is 0 Å². The molecular formula is C18H28N2O3. The minimum Gasteiger partial charge on any atom is -0.497 e. The Morgan fingerprint density at radius 1 is 1.22 bits per heavy atom.